The molecule has 8 heteroatoms. The number of amides is 1. The average Bonchev–Trinajstić information content (AvgIpc) is 2.73. The number of nitrogens with one attached hydrogen (secondary N) is 1. The number of hydrogen-bond donors (Lipinski definition) is 4. The van der Waals surface area contributed by atoms with Gasteiger partial charge in [0.15, 0.2) is 0 Å². The van der Waals surface area contributed by atoms with Crippen LogP contribution < -0.4 is 16.2 Å². The van der Waals surface area contributed by atoms with E-state index in [0.29, 0.717) is 6.42 Å². The normalized spacial score (nSPS) is 9.86. The van der Waals surface area contributed by atoms with Gasteiger partial charge >= 0.3 is 11.9 Å². The molecular formula is C21H27N3O5. The van der Waals surface area contributed by atoms with Crippen LogP contribution in [0.2, 0.25) is 0 Å². The van der Waals surface area contributed by atoms with Gasteiger partial charge in [0, 0.05) is 25.7 Å². The maximum atomic E-state index is 12.3. The van der Waals surface area contributed by atoms with E-state index in [4.69, 9.17) is 25.6 Å². The van der Waals surface area contributed by atoms with Crippen molar-refractivity contribution in [3.05, 3.63) is 65.7 Å². The number of carbonyl (C=O) groups is 3. The van der Waals surface area contributed by atoms with Crippen LogP contribution in [0.15, 0.2) is 54.6 Å². The molecule has 0 aliphatic carbocycles. The minimum absolute atomic E-state index is 0.150. The maximum absolute atomic E-state index is 12.3. The predicted molar refractivity (Wildman–Crippen MR) is 110 cm³/mol. The number of aliphatic carboxylic acids is 2. The summed E-state index contributed by atoms with van der Waals surface area (Å²) in [5.41, 5.74) is 6.06. The molecule has 29 heavy (non-hydrogen) atoms. The monoisotopic (exact) mass is 401 g/mol. The molecule has 2 aromatic rings. The van der Waals surface area contributed by atoms with Crippen LogP contribution in [0.5, 0.6) is 0 Å². The van der Waals surface area contributed by atoms with Crippen LogP contribution in [0.3, 0.4) is 0 Å². The molecule has 0 aromatic heterocycles. The molecule has 0 saturated heterocycles. The topological polar surface area (TPSA) is 133 Å². The lowest BCUT2D eigenvalue weighted by molar-refractivity contribution is -0.159. The Labute approximate surface area is 169 Å². The lowest BCUT2D eigenvalue weighted by atomic mass is 10.1. The van der Waals surface area contributed by atoms with Crippen molar-refractivity contribution in [1.82, 2.24) is 5.43 Å². The van der Waals surface area contributed by atoms with E-state index >= 15 is 0 Å². The summed E-state index contributed by atoms with van der Waals surface area (Å²) in [7, 11) is 1.83. The molecule has 0 spiro atoms. The van der Waals surface area contributed by atoms with E-state index in [0.717, 1.165) is 31.5 Å². The summed E-state index contributed by atoms with van der Waals surface area (Å²) in [5, 5.41) is 14.8. The van der Waals surface area contributed by atoms with Gasteiger partial charge < -0.3 is 15.1 Å². The summed E-state index contributed by atoms with van der Waals surface area (Å²) in [6, 6.07) is 18.3. The van der Waals surface area contributed by atoms with E-state index in [1.54, 1.807) is 4.90 Å². The Balaban J connectivity index is 0.000000612. The number of hydrazine groups is 1. The first-order valence-electron chi connectivity index (χ1n) is 9.14. The minimum Gasteiger partial charge on any atom is -0.473 e. The van der Waals surface area contributed by atoms with Crippen LogP contribution in [-0.4, -0.2) is 41.7 Å². The summed E-state index contributed by atoms with van der Waals surface area (Å²) >= 11 is 0. The third-order valence-corrected chi connectivity index (χ3v) is 4.14. The van der Waals surface area contributed by atoms with Gasteiger partial charge in [0.2, 0.25) is 5.91 Å². The number of hydrogen-bond acceptors (Lipinski definition) is 5. The fourth-order valence-corrected chi connectivity index (χ4v) is 2.50. The second kappa shape index (κ2) is 13.0. The molecule has 8 nitrogen and oxygen atoms in total. The SMILES string of the molecule is CN(C(=O)CCCc1ccccc1)c1ccc(CCNN)cc1.O=C(O)C(=O)O. The standard InChI is InChI=1S/C19H25N3O.C2H2O4/c1-22(18-12-10-17(11-13-18)14-15-21-20)19(23)9-5-8-16-6-3-2-4-7-16;3-1(4)2(5)6/h2-4,6-7,10-13,21H,5,8-9,14-15,20H2,1H3;(H,3,4)(H,5,6). The largest absolute Gasteiger partial charge is 0.473 e. The molecule has 0 heterocycles. The first-order valence-corrected chi connectivity index (χ1v) is 9.14. The van der Waals surface area contributed by atoms with Crippen LogP contribution >= 0.6 is 0 Å². The van der Waals surface area contributed by atoms with Crippen LogP contribution in [-0.2, 0) is 27.2 Å². The number of benzene rings is 2. The van der Waals surface area contributed by atoms with Crippen LogP contribution in [0.4, 0.5) is 5.69 Å². The van der Waals surface area contributed by atoms with Gasteiger partial charge in [0.1, 0.15) is 0 Å². The first kappa shape index (κ1) is 23.8. The van der Waals surface area contributed by atoms with E-state index < -0.39 is 11.9 Å². The van der Waals surface area contributed by atoms with Crippen molar-refractivity contribution in [2.45, 2.75) is 25.7 Å². The summed E-state index contributed by atoms with van der Waals surface area (Å²) in [4.78, 5) is 32.2. The number of carboxylic acids is 2. The Morgan fingerprint density at radius 1 is 0.897 bits per heavy atom. The molecule has 0 fully saturated rings. The highest BCUT2D eigenvalue weighted by molar-refractivity contribution is 6.27. The van der Waals surface area contributed by atoms with Crippen molar-refractivity contribution < 1.29 is 24.6 Å². The molecule has 2 rings (SSSR count). The molecule has 1 amide bonds. The van der Waals surface area contributed by atoms with Crippen LogP contribution in [0.1, 0.15) is 24.0 Å². The molecule has 0 aliphatic rings. The lowest BCUT2D eigenvalue weighted by Gasteiger charge is -2.18. The molecule has 156 valence electrons. The van der Waals surface area contributed by atoms with E-state index in [1.807, 2.05) is 49.5 Å². The van der Waals surface area contributed by atoms with Crippen molar-refractivity contribution in [1.29, 1.82) is 0 Å². The molecule has 5 N–H and O–H groups in total. The molecule has 0 saturated carbocycles. The van der Waals surface area contributed by atoms with Gasteiger partial charge in [-0.15, -0.1) is 0 Å². The van der Waals surface area contributed by atoms with Gasteiger partial charge in [-0.2, -0.15) is 0 Å². The Morgan fingerprint density at radius 2 is 1.45 bits per heavy atom. The summed E-state index contributed by atoms with van der Waals surface area (Å²) in [5.74, 6) is 1.78. The predicted octanol–water partition coefficient (Wildman–Crippen LogP) is 1.83. The first-order chi connectivity index (χ1) is 13.8. The van der Waals surface area contributed by atoms with Gasteiger partial charge in [-0.3, -0.25) is 16.1 Å². The number of nitrogens with zero attached hydrogens (tertiary/aromatic N) is 1. The number of carboxylic acid groups (broad SMARTS) is 2. The van der Waals surface area contributed by atoms with Crippen LogP contribution in [0, 0.1) is 0 Å². The third-order valence-electron chi connectivity index (χ3n) is 4.14. The van der Waals surface area contributed by atoms with Gasteiger partial charge in [-0.1, -0.05) is 42.5 Å². The second-order valence-corrected chi connectivity index (χ2v) is 6.27. The van der Waals surface area contributed by atoms with E-state index in [-0.39, 0.29) is 5.91 Å². The molecule has 2 aromatic carbocycles. The molecule has 0 radical (unpaired) electrons. The van der Waals surface area contributed by atoms with Gasteiger partial charge in [0.25, 0.3) is 0 Å². The molecular weight excluding hydrogens is 374 g/mol. The Morgan fingerprint density at radius 3 is 1.97 bits per heavy atom. The second-order valence-electron chi connectivity index (χ2n) is 6.27. The summed E-state index contributed by atoms with van der Waals surface area (Å²) < 4.78 is 0. The summed E-state index contributed by atoms with van der Waals surface area (Å²) in [6.07, 6.45) is 3.24. The number of nitrogens with two attached hydrogens (primary N) is 1. The molecule has 0 aliphatic heterocycles. The number of anilines is 1. The zero-order valence-electron chi connectivity index (χ0n) is 16.4. The van der Waals surface area contributed by atoms with Crippen molar-refractivity contribution >= 4 is 23.5 Å². The lowest BCUT2D eigenvalue weighted by Crippen LogP contribution is -2.26. The smallest absolute Gasteiger partial charge is 0.414 e. The highest BCUT2D eigenvalue weighted by Crippen LogP contribution is 2.16. The van der Waals surface area contributed by atoms with Crippen LogP contribution in [0.25, 0.3) is 0 Å². The van der Waals surface area contributed by atoms with E-state index in [1.165, 1.54) is 11.1 Å². The molecule has 0 bridgehead atoms. The van der Waals surface area contributed by atoms with E-state index in [9.17, 15) is 4.79 Å². The zero-order valence-corrected chi connectivity index (χ0v) is 16.4. The Bertz CT molecular complexity index is 767. The molecule has 0 unspecified atom stereocenters. The van der Waals surface area contributed by atoms with Gasteiger partial charge in [-0.25, -0.2) is 9.59 Å². The fourth-order valence-electron chi connectivity index (χ4n) is 2.50. The fraction of sp³-hybridized carbons (Fsp3) is 0.286. The molecule has 0 atom stereocenters. The quantitative estimate of drug-likeness (QED) is 0.301. The van der Waals surface area contributed by atoms with Gasteiger partial charge in [-0.05, 0) is 42.5 Å². The van der Waals surface area contributed by atoms with Crippen molar-refractivity contribution in [2.75, 3.05) is 18.5 Å². The average molecular weight is 401 g/mol. The third kappa shape index (κ3) is 9.50. The number of aryl methyl sites for hydroxylation is 1. The van der Waals surface area contributed by atoms with Crippen molar-refractivity contribution in [2.24, 2.45) is 5.84 Å². The zero-order chi connectivity index (χ0) is 21.6. The van der Waals surface area contributed by atoms with Crippen molar-refractivity contribution in [3.63, 3.8) is 0 Å². The number of rotatable bonds is 8. The minimum atomic E-state index is -1.82. The van der Waals surface area contributed by atoms with E-state index in [2.05, 4.69) is 17.6 Å². The van der Waals surface area contributed by atoms with Crippen molar-refractivity contribution in [3.8, 4) is 0 Å². The Kier molecular flexibility index (Phi) is 10.7. The summed E-state index contributed by atoms with van der Waals surface area (Å²) in [6.45, 7) is 0.744. The highest BCUT2D eigenvalue weighted by Gasteiger charge is 2.10. The maximum Gasteiger partial charge on any atom is 0.414 e. The Hall–Kier alpha value is -3.23. The van der Waals surface area contributed by atoms with Gasteiger partial charge in [0.05, 0.1) is 0 Å². The number of carbonyl (C=O) groups excluding carboxylic acids is 1. The highest BCUT2D eigenvalue weighted by atomic mass is 16.4.